The van der Waals surface area contributed by atoms with Crippen LogP contribution in [0.15, 0.2) is 36.5 Å². The van der Waals surface area contributed by atoms with Gasteiger partial charge in [-0.25, -0.2) is 18.9 Å². The molecule has 0 bridgehead atoms. The summed E-state index contributed by atoms with van der Waals surface area (Å²) in [4.78, 5) is 56.9. The molecule has 1 aliphatic heterocycles. The molecule has 0 radical (unpaired) electrons. The second-order valence-corrected chi connectivity index (χ2v) is 10.8. The minimum absolute atomic E-state index is 0.0975. The first-order valence-electron chi connectivity index (χ1n) is 12.2. The van der Waals surface area contributed by atoms with Gasteiger partial charge in [-0.15, -0.1) is 0 Å². The van der Waals surface area contributed by atoms with Gasteiger partial charge in [-0.3, -0.25) is 14.4 Å². The molecule has 3 aliphatic rings. The monoisotopic (exact) mass is 539 g/mol. The number of halogens is 2. The van der Waals surface area contributed by atoms with Gasteiger partial charge in [0.15, 0.2) is 11.4 Å². The molecule has 3 heterocycles. The van der Waals surface area contributed by atoms with Gasteiger partial charge in [-0.05, 0) is 48.9 Å². The number of nitrogens with zero attached hydrogens (tertiary/aromatic N) is 4. The van der Waals surface area contributed by atoms with Crippen LogP contribution in [0.1, 0.15) is 48.2 Å². The average molecular weight is 540 g/mol. The van der Waals surface area contributed by atoms with Crippen LogP contribution in [-0.4, -0.2) is 59.9 Å². The number of pyridine rings is 1. The Morgan fingerprint density at radius 2 is 1.97 bits per heavy atom. The topological polar surface area (TPSA) is 148 Å². The second-order valence-electron chi connectivity index (χ2n) is 10.4. The molecule has 2 aliphatic carbocycles. The van der Waals surface area contributed by atoms with Crippen LogP contribution in [0.25, 0.3) is 11.0 Å². The molecule has 0 spiro atoms. The number of hydrogen-bond donors (Lipinski definition) is 2. The van der Waals surface area contributed by atoms with Crippen molar-refractivity contribution in [3.8, 4) is 0 Å². The lowest BCUT2D eigenvalue weighted by Gasteiger charge is -2.37. The number of likely N-dealkylation sites (tertiary alicyclic amines) is 1. The number of carboxylic acids is 1. The maximum absolute atomic E-state index is 15.0. The number of hydrogen-bond acceptors (Lipinski definition) is 6. The van der Waals surface area contributed by atoms with Crippen molar-refractivity contribution in [1.82, 2.24) is 19.7 Å². The smallest absolute Gasteiger partial charge is 0.326 e. The van der Waals surface area contributed by atoms with Crippen molar-refractivity contribution in [2.75, 3.05) is 0 Å². The van der Waals surface area contributed by atoms with Crippen LogP contribution in [0.2, 0.25) is 5.02 Å². The summed E-state index contributed by atoms with van der Waals surface area (Å²) in [5.74, 6) is -4.42. The molecule has 1 aromatic carbocycles. The second kappa shape index (κ2) is 8.07. The predicted molar refractivity (Wildman–Crippen MR) is 132 cm³/mol. The van der Waals surface area contributed by atoms with E-state index in [2.05, 4.69) is 10.1 Å². The lowest BCUT2D eigenvalue weighted by Crippen LogP contribution is -2.56. The minimum Gasteiger partial charge on any atom is -0.480 e. The summed E-state index contributed by atoms with van der Waals surface area (Å²) in [7, 11) is 0. The third-order valence-electron chi connectivity index (χ3n) is 8.53. The first-order valence-corrected chi connectivity index (χ1v) is 12.5. The van der Waals surface area contributed by atoms with Gasteiger partial charge in [0.25, 0.3) is 0 Å². The average Bonchev–Trinajstić information content (AvgIpc) is 3.73. The Bertz CT molecular complexity index is 1570. The SMILES string of the molecule is CC(=O)c1nn(CC(=O)N2[C@H](C(=O)O)C[C@H]3C[C@@]32[C@]2(C(N)=O)C[C@H]2c2cccc(Cl)c2F)c2ncccc12. The number of carbonyl (C=O) groups is 4. The number of piperidine rings is 1. The molecule has 10 nitrogen and oxygen atoms in total. The highest BCUT2D eigenvalue weighted by molar-refractivity contribution is 6.30. The maximum atomic E-state index is 15.0. The summed E-state index contributed by atoms with van der Waals surface area (Å²) in [6.45, 7) is 0.953. The fourth-order valence-corrected chi connectivity index (χ4v) is 7.07. The van der Waals surface area contributed by atoms with Gasteiger partial charge in [0.05, 0.1) is 21.4 Å². The van der Waals surface area contributed by atoms with Crippen LogP contribution in [0.5, 0.6) is 0 Å². The number of Topliss-reactive ketones (excluding diaryl/α,β-unsaturated/α-hetero) is 1. The summed E-state index contributed by atoms with van der Waals surface area (Å²) in [6, 6.07) is 6.63. The number of benzene rings is 1. The minimum atomic E-state index is -1.34. The molecule has 5 atom stereocenters. The molecule has 1 saturated heterocycles. The number of carboxylic acid groups (broad SMARTS) is 1. The fraction of sp³-hybridized carbons (Fsp3) is 0.385. The van der Waals surface area contributed by atoms with E-state index in [4.69, 9.17) is 17.3 Å². The van der Waals surface area contributed by atoms with Gasteiger partial charge in [-0.1, -0.05) is 23.7 Å². The van der Waals surface area contributed by atoms with E-state index in [0.717, 1.165) is 0 Å². The lowest BCUT2D eigenvalue weighted by molar-refractivity contribution is -0.154. The van der Waals surface area contributed by atoms with E-state index in [9.17, 15) is 28.7 Å². The molecule has 38 heavy (non-hydrogen) atoms. The molecule has 196 valence electrons. The lowest BCUT2D eigenvalue weighted by atomic mass is 9.85. The molecular weight excluding hydrogens is 517 g/mol. The molecule has 3 aromatic rings. The van der Waals surface area contributed by atoms with E-state index in [1.54, 1.807) is 18.2 Å². The van der Waals surface area contributed by atoms with Gasteiger partial charge in [0, 0.05) is 19.0 Å². The number of amides is 2. The zero-order valence-corrected chi connectivity index (χ0v) is 21.0. The van der Waals surface area contributed by atoms with Gasteiger partial charge in [0.2, 0.25) is 11.8 Å². The number of aromatic nitrogens is 3. The molecule has 2 aromatic heterocycles. The summed E-state index contributed by atoms with van der Waals surface area (Å²) >= 11 is 6.00. The largest absolute Gasteiger partial charge is 0.480 e. The van der Waals surface area contributed by atoms with Crippen molar-refractivity contribution in [3.05, 3.63) is 58.6 Å². The first kappa shape index (κ1) is 24.5. The van der Waals surface area contributed by atoms with Crippen molar-refractivity contribution in [3.63, 3.8) is 0 Å². The summed E-state index contributed by atoms with van der Waals surface area (Å²) in [5.41, 5.74) is 4.10. The van der Waals surface area contributed by atoms with E-state index in [0.29, 0.717) is 17.5 Å². The first-order chi connectivity index (χ1) is 18.0. The van der Waals surface area contributed by atoms with Crippen molar-refractivity contribution >= 4 is 46.2 Å². The molecule has 2 saturated carbocycles. The van der Waals surface area contributed by atoms with Crippen LogP contribution in [-0.2, 0) is 20.9 Å². The van der Waals surface area contributed by atoms with Crippen LogP contribution < -0.4 is 5.73 Å². The Balaban J connectivity index is 1.42. The van der Waals surface area contributed by atoms with E-state index in [1.807, 2.05) is 0 Å². The Kier molecular flexibility index (Phi) is 5.20. The highest BCUT2D eigenvalue weighted by Gasteiger charge is 2.85. The summed E-state index contributed by atoms with van der Waals surface area (Å²) in [6.07, 6.45) is 2.20. The summed E-state index contributed by atoms with van der Waals surface area (Å²) in [5, 5.41) is 14.7. The van der Waals surface area contributed by atoms with Gasteiger partial charge < -0.3 is 15.7 Å². The third kappa shape index (κ3) is 3.11. The Labute approximate surface area is 220 Å². The molecule has 6 rings (SSSR count). The van der Waals surface area contributed by atoms with Crippen LogP contribution in [0.4, 0.5) is 4.39 Å². The number of aliphatic carboxylic acids is 1. The zero-order chi connectivity index (χ0) is 27.1. The van der Waals surface area contributed by atoms with E-state index in [-0.39, 0.29) is 40.8 Å². The third-order valence-corrected chi connectivity index (χ3v) is 8.82. The van der Waals surface area contributed by atoms with Crippen molar-refractivity contribution in [1.29, 1.82) is 0 Å². The molecule has 12 heteroatoms. The van der Waals surface area contributed by atoms with Gasteiger partial charge >= 0.3 is 5.97 Å². The van der Waals surface area contributed by atoms with E-state index < -0.39 is 53.1 Å². The van der Waals surface area contributed by atoms with Crippen LogP contribution in [0, 0.1) is 17.2 Å². The van der Waals surface area contributed by atoms with Crippen molar-refractivity contribution < 1.29 is 28.7 Å². The number of carbonyl (C=O) groups excluding carboxylic acids is 3. The number of ketones is 1. The van der Waals surface area contributed by atoms with E-state index in [1.165, 1.54) is 34.8 Å². The van der Waals surface area contributed by atoms with Crippen molar-refractivity contribution in [2.24, 2.45) is 17.1 Å². The zero-order valence-electron chi connectivity index (χ0n) is 20.2. The number of fused-ring (bicyclic) bond motifs is 2. The van der Waals surface area contributed by atoms with Crippen LogP contribution >= 0.6 is 11.6 Å². The predicted octanol–water partition coefficient (Wildman–Crippen LogP) is 2.53. The molecule has 3 fully saturated rings. The highest BCUT2D eigenvalue weighted by Crippen LogP contribution is 2.79. The number of rotatable bonds is 7. The maximum Gasteiger partial charge on any atom is 0.326 e. The molecule has 2 amide bonds. The Morgan fingerprint density at radius 1 is 1.21 bits per heavy atom. The van der Waals surface area contributed by atoms with Gasteiger partial charge in [-0.2, -0.15) is 5.10 Å². The summed E-state index contributed by atoms with van der Waals surface area (Å²) < 4.78 is 16.3. The van der Waals surface area contributed by atoms with E-state index >= 15 is 0 Å². The standard InChI is InChI=1S/C26H23ClFN5O5/c1-12(34)21-15-5-3-7-30-22(15)32(31-21)11-19(35)33-18(23(36)37)8-13-9-26(13,33)25(24(29)38)10-16(25)14-4-2-6-17(27)20(14)28/h2-7,13,16,18H,8-11H2,1H3,(H2,29,38)(H,36,37)/t13-,16-,18-,25+,26-/m0/s1. The fourth-order valence-electron chi connectivity index (χ4n) is 6.89. The number of nitrogens with two attached hydrogens (primary N) is 1. The molecule has 3 N–H and O–H groups in total. The Hall–Kier alpha value is -3.86. The van der Waals surface area contributed by atoms with Crippen LogP contribution in [0.3, 0.4) is 0 Å². The van der Waals surface area contributed by atoms with Gasteiger partial charge in [0.1, 0.15) is 24.1 Å². The Morgan fingerprint density at radius 3 is 2.66 bits per heavy atom. The normalized spacial score (nSPS) is 29.2. The van der Waals surface area contributed by atoms with Crippen molar-refractivity contribution in [2.45, 2.75) is 50.2 Å². The number of primary amides is 1. The quantitative estimate of drug-likeness (QED) is 0.438. The molecule has 0 unspecified atom stereocenters. The molecular formula is C26H23ClFN5O5. The highest BCUT2D eigenvalue weighted by atomic mass is 35.5.